The number of nitrogens with one attached hydrogen (secondary N) is 1. The van der Waals surface area contributed by atoms with Crippen LogP contribution in [0.25, 0.3) is 16.9 Å². The van der Waals surface area contributed by atoms with Crippen LogP contribution in [0.3, 0.4) is 0 Å². The van der Waals surface area contributed by atoms with E-state index < -0.39 is 0 Å². The third-order valence-corrected chi connectivity index (χ3v) is 4.04. The molecule has 24 heavy (non-hydrogen) atoms. The Balaban J connectivity index is 1.69. The van der Waals surface area contributed by atoms with Crippen LogP contribution >= 0.6 is 0 Å². The Kier molecular flexibility index (Phi) is 3.41. The molecule has 1 aliphatic rings. The van der Waals surface area contributed by atoms with E-state index in [4.69, 9.17) is 0 Å². The van der Waals surface area contributed by atoms with Crippen molar-refractivity contribution in [1.29, 1.82) is 0 Å². The van der Waals surface area contributed by atoms with Gasteiger partial charge in [0.25, 0.3) is 0 Å². The first-order chi connectivity index (χ1) is 11.6. The van der Waals surface area contributed by atoms with Gasteiger partial charge in [-0.25, -0.2) is 9.50 Å². The molecule has 0 radical (unpaired) electrons. The topological polar surface area (TPSA) is 75.4 Å². The minimum Gasteiger partial charge on any atom is -0.363 e. The zero-order valence-corrected chi connectivity index (χ0v) is 13.6. The van der Waals surface area contributed by atoms with E-state index in [0.717, 1.165) is 29.9 Å². The van der Waals surface area contributed by atoms with Gasteiger partial charge in [0.15, 0.2) is 5.65 Å². The maximum absolute atomic E-state index is 11.9. The Bertz CT molecular complexity index is 895. The molecule has 1 amide bonds. The van der Waals surface area contributed by atoms with E-state index in [1.807, 2.05) is 55.5 Å². The molecule has 1 N–H and O–H groups in total. The third kappa shape index (κ3) is 2.68. The second-order valence-corrected chi connectivity index (χ2v) is 6.18. The van der Waals surface area contributed by atoms with E-state index in [2.05, 4.69) is 20.4 Å². The number of pyridine rings is 2. The Hall–Kier alpha value is -2.96. The van der Waals surface area contributed by atoms with Crippen LogP contribution in [-0.2, 0) is 4.79 Å². The van der Waals surface area contributed by atoms with Crippen LogP contribution in [0.5, 0.6) is 0 Å². The molecule has 4 rings (SSSR count). The van der Waals surface area contributed by atoms with E-state index in [0.29, 0.717) is 11.6 Å². The molecule has 0 aliphatic heterocycles. The number of anilines is 2. The molecule has 0 spiro atoms. The summed E-state index contributed by atoms with van der Waals surface area (Å²) in [6.07, 6.45) is 3.72. The Labute approximate surface area is 139 Å². The lowest BCUT2D eigenvalue weighted by molar-refractivity contribution is -0.117. The van der Waals surface area contributed by atoms with Crippen molar-refractivity contribution in [2.45, 2.75) is 12.8 Å². The van der Waals surface area contributed by atoms with Gasteiger partial charge in [-0.1, -0.05) is 6.07 Å². The highest BCUT2D eigenvalue weighted by Gasteiger charge is 2.30. The molecule has 1 saturated carbocycles. The highest BCUT2D eigenvalue weighted by atomic mass is 16.2. The lowest BCUT2D eigenvalue weighted by Gasteiger charge is -2.11. The van der Waals surface area contributed by atoms with Crippen molar-refractivity contribution in [3.8, 4) is 11.3 Å². The minimum atomic E-state index is 0.00413. The summed E-state index contributed by atoms with van der Waals surface area (Å²) in [5.74, 6) is 1.36. The maximum Gasteiger partial charge on any atom is 0.249 e. The molecular formula is C17H18N6O. The first kappa shape index (κ1) is 14.6. The molecule has 1 fully saturated rings. The van der Waals surface area contributed by atoms with Gasteiger partial charge in [0.2, 0.25) is 11.9 Å². The molecule has 0 unspecified atom stereocenters. The highest BCUT2D eigenvalue weighted by molar-refractivity contribution is 5.92. The molecule has 0 bridgehead atoms. The molecule has 0 aromatic carbocycles. The van der Waals surface area contributed by atoms with Crippen molar-refractivity contribution in [1.82, 2.24) is 19.6 Å². The summed E-state index contributed by atoms with van der Waals surface area (Å²) in [7, 11) is 3.91. The van der Waals surface area contributed by atoms with Crippen LogP contribution in [0.4, 0.5) is 11.8 Å². The normalized spacial score (nSPS) is 13.9. The lowest BCUT2D eigenvalue weighted by atomic mass is 10.2. The first-order valence-electron chi connectivity index (χ1n) is 7.92. The summed E-state index contributed by atoms with van der Waals surface area (Å²) in [4.78, 5) is 22.7. The SMILES string of the molecule is CN(C)c1ccc(-c2cccc3nc(NC(=O)C4CC4)nn23)cn1. The number of carbonyl (C=O) groups is 1. The van der Waals surface area contributed by atoms with Crippen molar-refractivity contribution >= 4 is 23.3 Å². The standard InChI is InChI=1S/C17H18N6O/c1-22(2)14-9-8-12(10-18-14)13-4-3-5-15-19-17(21-23(13)15)20-16(24)11-6-7-11/h3-5,8-11H,6-7H2,1-2H3,(H,20,21,24). The highest BCUT2D eigenvalue weighted by Crippen LogP contribution is 2.30. The van der Waals surface area contributed by atoms with Gasteiger partial charge in [-0.2, -0.15) is 4.98 Å². The number of fused-ring (bicyclic) bond motifs is 1. The number of nitrogens with zero attached hydrogens (tertiary/aromatic N) is 5. The summed E-state index contributed by atoms with van der Waals surface area (Å²) >= 11 is 0. The zero-order valence-electron chi connectivity index (χ0n) is 13.6. The van der Waals surface area contributed by atoms with Gasteiger partial charge in [-0.15, -0.1) is 5.10 Å². The zero-order chi connectivity index (χ0) is 16.7. The largest absolute Gasteiger partial charge is 0.363 e. The quantitative estimate of drug-likeness (QED) is 0.797. The molecule has 3 aromatic rings. The summed E-state index contributed by atoms with van der Waals surface area (Å²) in [5.41, 5.74) is 2.51. The van der Waals surface area contributed by atoms with Gasteiger partial charge < -0.3 is 4.90 Å². The van der Waals surface area contributed by atoms with E-state index in [1.165, 1.54) is 0 Å². The van der Waals surface area contributed by atoms with Crippen molar-refractivity contribution in [2.75, 3.05) is 24.3 Å². The van der Waals surface area contributed by atoms with Gasteiger partial charge in [0.05, 0.1) is 5.69 Å². The fraction of sp³-hybridized carbons (Fsp3) is 0.294. The Morgan fingerprint density at radius 3 is 2.75 bits per heavy atom. The fourth-order valence-corrected chi connectivity index (χ4v) is 2.54. The third-order valence-electron chi connectivity index (χ3n) is 4.04. The summed E-state index contributed by atoms with van der Waals surface area (Å²) in [5, 5.41) is 7.22. The first-order valence-corrected chi connectivity index (χ1v) is 7.92. The number of aromatic nitrogens is 4. The maximum atomic E-state index is 11.9. The average Bonchev–Trinajstić information content (AvgIpc) is 3.35. The van der Waals surface area contributed by atoms with Gasteiger partial charge in [-0.3, -0.25) is 10.1 Å². The van der Waals surface area contributed by atoms with Crippen LogP contribution in [-0.4, -0.2) is 39.6 Å². The summed E-state index contributed by atoms with van der Waals surface area (Å²) in [6, 6.07) is 9.71. The fourth-order valence-electron chi connectivity index (χ4n) is 2.54. The van der Waals surface area contributed by atoms with Crippen LogP contribution < -0.4 is 10.2 Å². The van der Waals surface area contributed by atoms with Crippen LogP contribution in [0, 0.1) is 5.92 Å². The monoisotopic (exact) mass is 322 g/mol. The van der Waals surface area contributed by atoms with E-state index in [9.17, 15) is 4.79 Å². The van der Waals surface area contributed by atoms with Gasteiger partial charge >= 0.3 is 0 Å². The van der Waals surface area contributed by atoms with E-state index in [1.54, 1.807) is 4.52 Å². The molecular weight excluding hydrogens is 304 g/mol. The molecule has 122 valence electrons. The average molecular weight is 322 g/mol. The predicted molar refractivity (Wildman–Crippen MR) is 91.9 cm³/mol. The lowest BCUT2D eigenvalue weighted by Crippen LogP contribution is -2.14. The number of rotatable bonds is 4. The van der Waals surface area contributed by atoms with E-state index in [-0.39, 0.29) is 11.8 Å². The van der Waals surface area contributed by atoms with Gasteiger partial charge in [0, 0.05) is 31.8 Å². The van der Waals surface area contributed by atoms with Crippen molar-refractivity contribution in [2.24, 2.45) is 5.92 Å². The number of hydrogen-bond donors (Lipinski definition) is 1. The predicted octanol–water partition coefficient (Wildman–Crippen LogP) is 2.21. The van der Waals surface area contributed by atoms with Crippen molar-refractivity contribution < 1.29 is 4.79 Å². The number of amides is 1. The Morgan fingerprint density at radius 2 is 2.08 bits per heavy atom. The number of hydrogen-bond acceptors (Lipinski definition) is 5. The van der Waals surface area contributed by atoms with Crippen LogP contribution in [0.2, 0.25) is 0 Å². The number of carbonyl (C=O) groups excluding carboxylic acids is 1. The second-order valence-electron chi connectivity index (χ2n) is 6.18. The molecule has 0 saturated heterocycles. The summed E-state index contributed by atoms with van der Waals surface area (Å²) in [6.45, 7) is 0. The smallest absolute Gasteiger partial charge is 0.249 e. The molecule has 7 heteroatoms. The molecule has 0 atom stereocenters. The molecule has 7 nitrogen and oxygen atoms in total. The second kappa shape index (κ2) is 5.59. The van der Waals surface area contributed by atoms with E-state index >= 15 is 0 Å². The van der Waals surface area contributed by atoms with Crippen LogP contribution in [0.1, 0.15) is 12.8 Å². The van der Waals surface area contributed by atoms with Gasteiger partial charge in [-0.05, 0) is 37.1 Å². The summed E-state index contributed by atoms with van der Waals surface area (Å²) < 4.78 is 1.73. The van der Waals surface area contributed by atoms with Crippen molar-refractivity contribution in [3.05, 3.63) is 36.5 Å². The minimum absolute atomic E-state index is 0.00413. The van der Waals surface area contributed by atoms with Gasteiger partial charge in [0.1, 0.15) is 5.82 Å². The Morgan fingerprint density at radius 1 is 1.25 bits per heavy atom. The molecule has 1 aliphatic carbocycles. The molecule has 3 heterocycles. The molecule has 3 aromatic heterocycles. The van der Waals surface area contributed by atoms with Crippen LogP contribution in [0.15, 0.2) is 36.5 Å². The van der Waals surface area contributed by atoms with Crippen molar-refractivity contribution in [3.63, 3.8) is 0 Å².